The van der Waals surface area contributed by atoms with Gasteiger partial charge in [0.15, 0.2) is 0 Å². The number of hydrogen-bond acceptors (Lipinski definition) is 2. The van der Waals surface area contributed by atoms with Gasteiger partial charge in [0.05, 0.1) is 6.61 Å². The number of allylic oxidation sites excluding steroid dienone is 1. The first-order valence-electron chi connectivity index (χ1n) is 5.30. The second-order valence-electron chi connectivity index (χ2n) is 3.38. The molecule has 1 rings (SSSR count). The number of hydrogen-bond donors (Lipinski definition) is 1. The van der Waals surface area contributed by atoms with Gasteiger partial charge in [-0.3, -0.25) is 4.79 Å². The monoisotopic (exact) mass is 220 g/mol. The Morgan fingerprint density at radius 1 is 1.44 bits per heavy atom. The molecular formula is C13H16O3. The molecule has 0 aromatic heterocycles. The molecule has 0 aliphatic heterocycles. The van der Waals surface area contributed by atoms with Crippen molar-refractivity contribution >= 4 is 12.0 Å². The summed E-state index contributed by atoms with van der Waals surface area (Å²) in [6.07, 6.45) is 4.58. The second kappa shape index (κ2) is 6.67. The molecule has 0 amide bonds. The summed E-state index contributed by atoms with van der Waals surface area (Å²) in [5, 5.41) is 8.48. The molecule has 0 aliphatic rings. The van der Waals surface area contributed by atoms with Crippen LogP contribution in [0.25, 0.3) is 6.08 Å². The van der Waals surface area contributed by atoms with Gasteiger partial charge in [0.1, 0.15) is 5.75 Å². The molecular weight excluding hydrogens is 204 g/mol. The highest BCUT2D eigenvalue weighted by Gasteiger charge is 2.00. The smallest absolute Gasteiger partial charge is 0.303 e. The van der Waals surface area contributed by atoms with Gasteiger partial charge in [-0.25, -0.2) is 0 Å². The molecule has 0 aliphatic carbocycles. The van der Waals surface area contributed by atoms with E-state index in [1.54, 1.807) is 0 Å². The van der Waals surface area contributed by atoms with Gasteiger partial charge in [-0.05, 0) is 19.4 Å². The largest absolute Gasteiger partial charge is 0.493 e. The lowest BCUT2D eigenvalue weighted by Crippen LogP contribution is -2.02. The molecule has 0 unspecified atom stereocenters. The van der Waals surface area contributed by atoms with E-state index in [4.69, 9.17) is 9.84 Å². The normalized spacial score (nSPS) is 10.6. The Labute approximate surface area is 95.4 Å². The van der Waals surface area contributed by atoms with E-state index in [1.807, 2.05) is 43.3 Å². The van der Waals surface area contributed by atoms with Crippen LogP contribution in [-0.2, 0) is 4.79 Å². The summed E-state index contributed by atoms with van der Waals surface area (Å²) in [6, 6.07) is 7.70. The van der Waals surface area contributed by atoms with E-state index in [-0.39, 0.29) is 6.42 Å². The van der Waals surface area contributed by atoms with E-state index in [0.717, 1.165) is 11.3 Å². The molecule has 0 heterocycles. The average Bonchev–Trinajstić information content (AvgIpc) is 2.26. The predicted molar refractivity (Wildman–Crippen MR) is 63.5 cm³/mol. The third-order valence-corrected chi connectivity index (χ3v) is 2.06. The molecule has 86 valence electrons. The molecule has 0 radical (unpaired) electrons. The predicted octanol–water partition coefficient (Wildman–Crippen LogP) is 2.96. The zero-order valence-electron chi connectivity index (χ0n) is 9.35. The number of aliphatic carboxylic acids is 1. The van der Waals surface area contributed by atoms with Gasteiger partial charge in [-0.15, -0.1) is 0 Å². The summed E-state index contributed by atoms with van der Waals surface area (Å²) < 4.78 is 5.53. The van der Waals surface area contributed by atoms with E-state index >= 15 is 0 Å². The third-order valence-electron chi connectivity index (χ3n) is 2.06. The second-order valence-corrected chi connectivity index (χ2v) is 3.38. The molecule has 0 saturated carbocycles. The Bertz CT molecular complexity index is 369. The van der Waals surface area contributed by atoms with Crippen LogP contribution in [0.4, 0.5) is 0 Å². The third kappa shape index (κ3) is 4.17. The van der Waals surface area contributed by atoms with Crippen molar-refractivity contribution in [2.45, 2.75) is 19.8 Å². The van der Waals surface area contributed by atoms with Crippen molar-refractivity contribution in [2.24, 2.45) is 0 Å². The molecule has 0 spiro atoms. The van der Waals surface area contributed by atoms with Crippen LogP contribution >= 0.6 is 0 Å². The first-order chi connectivity index (χ1) is 7.74. The van der Waals surface area contributed by atoms with Crippen LogP contribution in [0.5, 0.6) is 5.75 Å². The molecule has 3 heteroatoms. The van der Waals surface area contributed by atoms with E-state index < -0.39 is 5.97 Å². The number of carboxylic acid groups (broad SMARTS) is 1. The van der Waals surface area contributed by atoms with Gasteiger partial charge in [0.2, 0.25) is 0 Å². The van der Waals surface area contributed by atoms with Crippen molar-refractivity contribution in [1.82, 2.24) is 0 Å². The maximum Gasteiger partial charge on any atom is 0.303 e. The van der Waals surface area contributed by atoms with Crippen LogP contribution in [0.15, 0.2) is 30.3 Å². The highest BCUT2D eigenvalue weighted by atomic mass is 16.5. The van der Waals surface area contributed by atoms with E-state index in [0.29, 0.717) is 13.0 Å². The molecule has 0 bridgehead atoms. The fourth-order valence-corrected chi connectivity index (χ4v) is 1.33. The summed E-state index contributed by atoms with van der Waals surface area (Å²) in [5.41, 5.74) is 1.01. The van der Waals surface area contributed by atoms with Gasteiger partial charge in [0, 0.05) is 12.0 Å². The summed E-state index contributed by atoms with van der Waals surface area (Å²) in [5.74, 6) is 0.0105. The summed E-state index contributed by atoms with van der Waals surface area (Å²) in [6.45, 7) is 2.38. The molecule has 3 nitrogen and oxygen atoms in total. The summed E-state index contributed by atoms with van der Waals surface area (Å²) >= 11 is 0. The van der Waals surface area contributed by atoms with E-state index in [2.05, 4.69) is 0 Å². The first-order valence-corrected chi connectivity index (χ1v) is 5.30. The van der Waals surface area contributed by atoms with Crippen molar-refractivity contribution in [3.05, 3.63) is 35.9 Å². The zero-order chi connectivity index (χ0) is 11.8. The standard InChI is InChI=1S/C13H16O3/c1-2-6-11-7-3-4-8-12(11)16-10-5-9-13(14)15/h2-4,6-8H,5,9-10H2,1H3,(H,14,15)/b6-2+. The number of ether oxygens (including phenoxy) is 1. The number of benzene rings is 1. The Balaban J connectivity index is 2.49. The van der Waals surface area contributed by atoms with Gasteiger partial charge in [-0.1, -0.05) is 30.4 Å². The topological polar surface area (TPSA) is 46.5 Å². The number of rotatable bonds is 6. The Morgan fingerprint density at radius 3 is 2.88 bits per heavy atom. The minimum atomic E-state index is -0.787. The Morgan fingerprint density at radius 2 is 2.19 bits per heavy atom. The number of para-hydroxylation sites is 1. The lowest BCUT2D eigenvalue weighted by molar-refractivity contribution is -0.137. The summed E-state index contributed by atoms with van der Waals surface area (Å²) in [4.78, 5) is 10.3. The van der Waals surface area contributed by atoms with Gasteiger partial charge >= 0.3 is 5.97 Å². The van der Waals surface area contributed by atoms with Crippen LogP contribution < -0.4 is 4.74 Å². The van der Waals surface area contributed by atoms with Crippen LogP contribution in [0, 0.1) is 0 Å². The SMILES string of the molecule is C/C=C/c1ccccc1OCCCC(=O)O. The maximum absolute atomic E-state index is 10.3. The maximum atomic E-state index is 10.3. The molecule has 0 fully saturated rings. The minimum absolute atomic E-state index is 0.145. The van der Waals surface area contributed by atoms with Crippen LogP contribution in [0.1, 0.15) is 25.3 Å². The average molecular weight is 220 g/mol. The fraction of sp³-hybridized carbons (Fsp3) is 0.308. The minimum Gasteiger partial charge on any atom is -0.493 e. The summed E-state index contributed by atoms with van der Waals surface area (Å²) in [7, 11) is 0. The zero-order valence-corrected chi connectivity index (χ0v) is 9.35. The lowest BCUT2D eigenvalue weighted by Gasteiger charge is -2.08. The van der Waals surface area contributed by atoms with Crippen LogP contribution in [0.3, 0.4) is 0 Å². The Kier molecular flexibility index (Phi) is 5.12. The molecule has 16 heavy (non-hydrogen) atoms. The molecule has 1 aromatic carbocycles. The Hall–Kier alpha value is -1.77. The van der Waals surface area contributed by atoms with Crippen molar-refractivity contribution in [3.8, 4) is 5.75 Å². The molecule has 1 aromatic rings. The van der Waals surface area contributed by atoms with E-state index in [9.17, 15) is 4.79 Å². The molecule has 0 saturated heterocycles. The number of carboxylic acids is 1. The highest BCUT2D eigenvalue weighted by Crippen LogP contribution is 2.19. The quantitative estimate of drug-likeness (QED) is 0.750. The van der Waals surface area contributed by atoms with Crippen molar-refractivity contribution in [2.75, 3.05) is 6.61 Å². The van der Waals surface area contributed by atoms with E-state index in [1.165, 1.54) is 0 Å². The van der Waals surface area contributed by atoms with Gasteiger partial charge in [0.25, 0.3) is 0 Å². The van der Waals surface area contributed by atoms with Crippen LogP contribution in [0.2, 0.25) is 0 Å². The van der Waals surface area contributed by atoms with Crippen molar-refractivity contribution in [1.29, 1.82) is 0 Å². The van der Waals surface area contributed by atoms with Gasteiger partial charge in [-0.2, -0.15) is 0 Å². The van der Waals surface area contributed by atoms with Crippen molar-refractivity contribution < 1.29 is 14.6 Å². The molecule has 0 atom stereocenters. The fourth-order valence-electron chi connectivity index (χ4n) is 1.33. The molecule has 1 N–H and O–H groups in total. The van der Waals surface area contributed by atoms with Crippen LogP contribution in [-0.4, -0.2) is 17.7 Å². The van der Waals surface area contributed by atoms with Crippen molar-refractivity contribution in [3.63, 3.8) is 0 Å². The first kappa shape index (κ1) is 12.3. The highest BCUT2D eigenvalue weighted by molar-refractivity contribution is 5.66. The number of carbonyl (C=O) groups is 1. The lowest BCUT2D eigenvalue weighted by atomic mass is 10.2. The van der Waals surface area contributed by atoms with Gasteiger partial charge < -0.3 is 9.84 Å².